The molecule has 0 aromatic carbocycles. The highest BCUT2D eigenvalue weighted by molar-refractivity contribution is 7.89. The Morgan fingerprint density at radius 2 is 2.12 bits per heavy atom. The minimum Gasteiger partial charge on any atom is -0.449 e. The van der Waals surface area contributed by atoms with Crippen LogP contribution >= 0.6 is 0 Å². The van der Waals surface area contributed by atoms with Crippen LogP contribution in [-0.4, -0.2) is 30.8 Å². The van der Waals surface area contributed by atoms with Crippen molar-refractivity contribution < 1.29 is 12.8 Å². The highest BCUT2D eigenvalue weighted by Gasteiger charge is 2.47. The highest BCUT2D eigenvalue weighted by Crippen LogP contribution is 2.33. The zero-order valence-corrected chi connectivity index (χ0v) is 11.1. The van der Waals surface area contributed by atoms with Crippen LogP contribution in [0.25, 0.3) is 0 Å². The van der Waals surface area contributed by atoms with Gasteiger partial charge in [-0.15, -0.1) is 0 Å². The molecule has 0 saturated carbocycles. The van der Waals surface area contributed by atoms with Crippen molar-refractivity contribution in [3.8, 4) is 0 Å². The van der Waals surface area contributed by atoms with Gasteiger partial charge in [-0.05, 0) is 39.3 Å². The fraction of sp³-hybridized carbons (Fsp3) is 0.636. The maximum Gasteiger partial charge on any atom is 0.277 e. The molecule has 2 rings (SSSR count). The maximum absolute atomic E-state index is 12.4. The van der Waals surface area contributed by atoms with E-state index in [1.54, 1.807) is 13.0 Å². The zero-order chi connectivity index (χ0) is 12.8. The Morgan fingerprint density at radius 1 is 1.47 bits per heavy atom. The Bertz CT molecular complexity index is 519. The van der Waals surface area contributed by atoms with Gasteiger partial charge in [-0.1, -0.05) is 0 Å². The molecule has 0 spiro atoms. The third kappa shape index (κ3) is 1.90. The van der Waals surface area contributed by atoms with Gasteiger partial charge in [0.05, 0.1) is 0 Å². The summed E-state index contributed by atoms with van der Waals surface area (Å²) in [5.41, 5.74) is 5.38. The van der Waals surface area contributed by atoms with Gasteiger partial charge in [-0.2, -0.15) is 4.31 Å². The third-order valence-electron chi connectivity index (χ3n) is 3.45. The molecule has 2 N–H and O–H groups in total. The first-order valence-corrected chi connectivity index (χ1v) is 7.05. The third-order valence-corrected chi connectivity index (χ3v) is 5.41. The normalized spacial score (nSPS) is 25.3. The lowest BCUT2D eigenvalue weighted by atomic mass is 9.98. The number of nitrogens with two attached hydrogens (primary N) is 1. The Morgan fingerprint density at radius 3 is 2.53 bits per heavy atom. The topological polar surface area (TPSA) is 76.5 Å². The summed E-state index contributed by atoms with van der Waals surface area (Å²) in [6.45, 7) is 5.85. The van der Waals surface area contributed by atoms with Crippen molar-refractivity contribution in [1.29, 1.82) is 0 Å². The number of sulfonamides is 1. The van der Waals surface area contributed by atoms with Crippen LogP contribution in [0.2, 0.25) is 0 Å². The molecule has 1 aliphatic heterocycles. The lowest BCUT2D eigenvalue weighted by Crippen LogP contribution is -2.50. The number of nitrogens with zero attached hydrogens (tertiary/aromatic N) is 1. The van der Waals surface area contributed by atoms with Crippen molar-refractivity contribution in [3.63, 3.8) is 0 Å². The van der Waals surface area contributed by atoms with Gasteiger partial charge in [-0.3, -0.25) is 0 Å². The summed E-state index contributed by atoms with van der Waals surface area (Å²) in [7, 11) is -3.57. The summed E-state index contributed by atoms with van der Waals surface area (Å²) in [4.78, 5) is 0. The van der Waals surface area contributed by atoms with Crippen LogP contribution in [0.4, 0.5) is 0 Å². The van der Waals surface area contributed by atoms with Gasteiger partial charge in [0.1, 0.15) is 5.76 Å². The number of hydrogen-bond donors (Lipinski definition) is 1. The summed E-state index contributed by atoms with van der Waals surface area (Å²) in [6, 6.07) is 2.99. The maximum atomic E-state index is 12.4. The highest BCUT2D eigenvalue weighted by atomic mass is 32.2. The molecule has 1 saturated heterocycles. The first-order chi connectivity index (χ1) is 7.76. The SMILES string of the molecule is Cc1ccc(S(=O)(=O)N2CCC(N)C2(C)C)o1. The second-order valence-corrected chi connectivity index (χ2v) is 6.78. The molecule has 0 radical (unpaired) electrons. The predicted molar refractivity (Wildman–Crippen MR) is 64.0 cm³/mol. The van der Waals surface area contributed by atoms with E-state index in [2.05, 4.69) is 0 Å². The number of rotatable bonds is 2. The Kier molecular flexibility index (Phi) is 2.84. The second-order valence-electron chi connectivity index (χ2n) is 4.99. The van der Waals surface area contributed by atoms with Crippen molar-refractivity contribution in [2.45, 2.75) is 43.9 Å². The van der Waals surface area contributed by atoms with E-state index >= 15 is 0 Å². The molecule has 6 heteroatoms. The van der Waals surface area contributed by atoms with E-state index in [1.165, 1.54) is 10.4 Å². The Labute approximate surface area is 102 Å². The molecule has 1 unspecified atom stereocenters. The Balaban J connectivity index is 2.41. The molecule has 1 aliphatic rings. The first kappa shape index (κ1) is 12.6. The molecule has 5 nitrogen and oxygen atoms in total. The summed E-state index contributed by atoms with van der Waals surface area (Å²) in [6.07, 6.45) is 0.673. The van der Waals surface area contributed by atoms with E-state index in [-0.39, 0.29) is 11.1 Å². The van der Waals surface area contributed by atoms with Crippen LogP contribution in [0.1, 0.15) is 26.0 Å². The van der Waals surface area contributed by atoms with E-state index in [9.17, 15) is 8.42 Å². The smallest absolute Gasteiger partial charge is 0.277 e. The largest absolute Gasteiger partial charge is 0.449 e. The Hall–Kier alpha value is -0.850. The van der Waals surface area contributed by atoms with Crippen LogP contribution in [0, 0.1) is 6.92 Å². The number of aryl methyl sites for hydroxylation is 1. The molecule has 2 heterocycles. The van der Waals surface area contributed by atoms with E-state index < -0.39 is 15.6 Å². The first-order valence-electron chi connectivity index (χ1n) is 5.61. The molecule has 0 amide bonds. The number of furan rings is 1. The van der Waals surface area contributed by atoms with Crippen LogP contribution in [0.3, 0.4) is 0 Å². The molecule has 1 atom stereocenters. The second kappa shape index (κ2) is 3.83. The quantitative estimate of drug-likeness (QED) is 0.861. The monoisotopic (exact) mass is 258 g/mol. The molecule has 1 aromatic rings. The predicted octanol–water partition coefficient (Wildman–Crippen LogP) is 1.09. The molecule has 1 aromatic heterocycles. The van der Waals surface area contributed by atoms with Gasteiger partial charge >= 0.3 is 0 Å². The van der Waals surface area contributed by atoms with Crippen LogP contribution in [-0.2, 0) is 10.0 Å². The summed E-state index contributed by atoms with van der Waals surface area (Å²) < 4.78 is 31.4. The van der Waals surface area contributed by atoms with Crippen molar-refractivity contribution in [2.24, 2.45) is 5.73 Å². The average molecular weight is 258 g/mol. The summed E-state index contributed by atoms with van der Waals surface area (Å²) >= 11 is 0. The summed E-state index contributed by atoms with van der Waals surface area (Å²) in [5.74, 6) is 0.588. The van der Waals surface area contributed by atoms with Gasteiger partial charge < -0.3 is 10.2 Å². The molecule has 96 valence electrons. The van der Waals surface area contributed by atoms with Crippen LogP contribution in [0.5, 0.6) is 0 Å². The number of hydrogen-bond acceptors (Lipinski definition) is 4. The lowest BCUT2D eigenvalue weighted by molar-refractivity contribution is 0.262. The van der Waals surface area contributed by atoms with Gasteiger partial charge in [0.25, 0.3) is 10.0 Å². The van der Waals surface area contributed by atoms with Crippen LogP contribution in [0.15, 0.2) is 21.6 Å². The average Bonchev–Trinajstić information content (AvgIpc) is 2.73. The molecular weight excluding hydrogens is 240 g/mol. The van der Waals surface area contributed by atoms with E-state index in [0.717, 1.165) is 0 Å². The molecule has 1 fully saturated rings. The van der Waals surface area contributed by atoms with E-state index in [0.29, 0.717) is 18.7 Å². The molecule has 0 aliphatic carbocycles. The van der Waals surface area contributed by atoms with Gasteiger partial charge in [0.2, 0.25) is 5.09 Å². The van der Waals surface area contributed by atoms with E-state index in [4.69, 9.17) is 10.2 Å². The standard InChI is InChI=1S/C11H18N2O3S/c1-8-4-5-10(16-8)17(14,15)13-7-6-9(12)11(13,2)3/h4-5,9H,6-7,12H2,1-3H3. The van der Waals surface area contributed by atoms with Crippen molar-refractivity contribution in [3.05, 3.63) is 17.9 Å². The van der Waals surface area contributed by atoms with Gasteiger partial charge in [0, 0.05) is 18.1 Å². The lowest BCUT2D eigenvalue weighted by Gasteiger charge is -2.32. The van der Waals surface area contributed by atoms with Crippen molar-refractivity contribution >= 4 is 10.0 Å². The zero-order valence-electron chi connectivity index (χ0n) is 10.3. The molecule has 0 bridgehead atoms. The van der Waals surface area contributed by atoms with Crippen molar-refractivity contribution in [2.75, 3.05) is 6.54 Å². The molecule has 17 heavy (non-hydrogen) atoms. The van der Waals surface area contributed by atoms with Crippen LogP contribution < -0.4 is 5.73 Å². The minimum absolute atomic E-state index is 0.00262. The molecular formula is C11H18N2O3S. The minimum atomic E-state index is -3.57. The van der Waals surface area contributed by atoms with Gasteiger partial charge in [-0.25, -0.2) is 8.42 Å². The fourth-order valence-corrected chi connectivity index (χ4v) is 3.97. The fourth-order valence-electron chi connectivity index (χ4n) is 2.17. The summed E-state index contributed by atoms with van der Waals surface area (Å²) in [5, 5.41) is -0.00262. The van der Waals surface area contributed by atoms with E-state index in [1.807, 2.05) is 13.8 Å². The van der Waals surface area contributed by atoms with Gasteiger partial charge in [0.15, 0.2) is 0 Å². The van der Waals surface area contributed by atoms with Crippen molar-refractivity contribution in [1.82, 2.24) is 4.31 Å².